The monoisotopic (exact) mass is 383 g/mol. The molecule has 1 N–H and O–H groups in total. The molecule has 0 aliphatic rings. The van der Waals surface area contributed by atoms with Gasteiger partial charge in [-0.05, 0) is 30.0 Å². The summed E-state index contributed by atoms with van der Waals surface area (Å²) in [5, 5.41) is 16.0. The van der Waals surface area contributed by atoms with Crippen LogP contribution < -0.4 is 5.32 Å². The van der Waals surface area contributed by atoms with Crippen LogP contribution in [0.1, 0.15) is 11.1 Å². The molecule has 0 saturated carbocycles. The van der Waals surface area contributed by atoms with Gasteiger partial charge in [0.2, 0.25) is 5.91 Å². The highest BCUT2D eigenvalue weighted by molar-refractivity contribution is 8.00. The summed E-state index contributed by atoms with van der Waals surface area (Å²) < 4.78 is 0. The lowest BCUT2D eigenvalue weighted by molar-refractivity contribution is -0.113. The third-order valence-corrected chi connectivity index (χ3v) is 5.53. The van der Waals surface area contributed by atoms with Gasteiger partial charge in [0.1, 0.15) is 11.1 Å². The molecule has 0 atom stereocenters. The summed E-state index contributed by atoms with van der Waals surface area (Å²) in [6.07, 6.45) is 0. The van der Waals surface area contributed by atoms with Gasteiger partial charge >= 0.3 is 0 Å². The lowest BCUT2D eigenvalue weighted by atomic mass is 10.1. The van der Waals surface area contributed by atoms with E-state index in [0.717, 1.165) is 32.9 Å². The fraction of sp³-hybridized carbons (Fsp3) is 0.0870. The molecule has 0 spiro atoms. The molecule has 1 heterocycles. The standard InChI is InChI=1S/C23H17N3OS/c1-15-6-4-9-17-12-18(13-24)23(26-22(15)17)28-14-21(27)25-20-11-5-8-16-7-2-3-10-19(16)20/h2-12H,14H2,1H3,(H,25,27). The SMILES string of the molecule is Cc1cccc2cc(C#N)c(SCC(=O)Nc3cccc4ccccc34)nc12. The van der Waals surface area contributed by atoms with E-state index in [4.69, 9.17) is 0 Å². The van der Waals surface area contributed by atoms with Gasteiger partial charge in [-0.1, -0.05) is 66.4 Å². The number of nitrogens with one attached hydrogen (secondary N) is 1. The molecule has 1 aromatic heterocycles. The number of para-hydroxylation sites is 1. The molecule has 0 unspecified atom stereocenters. The molecule has 5 heteroatoms. The van der Waals surface area contributed by atoms with Gasteiger partial charge in [-0.25, -0.2) is 4.98 Å². The highest BCUT2D eigenvalue weighted by atomic mass is 32.2. The zero-order valence-electron chi connectivity index (χ0n) is 15.3. The summed E-state index contributed by atoms with van der Waals surface area (Å²) in [4.78, 5) is 17.2. The zero-order chi connectivity index (χ0) is 19.5. The van der Waals surface area contributed by atoms with E-state index in [2.05, 4.69) is 16.4 Å². The van der Waals surface area contributed by atoms with Crippen molar-refractivity contribution in [3.05, 3.63) is 77.9 Å². The Morgan fingerprint density at radius 2 is 1.82 bits per heavy atom. The lowest BCUT2D eigenvalue weighted by Gasteiger charge is -2.10. The minimum absolute atomic E-state index is 0.128. The molecule has 4 rings (SSSR count). The molecule has 0 bridgehead atoms. The second-order valence-electron chi connectivity index (χ2n) is 6.46. The Bertz CT molecular complexity index is 1240. The maximum absolute atomic E-state index is 12.5. The number of nitriles is 1. The van der Waals surface area contributed by atoms with E-state index in [0.29, 0.717) is 10.6 Å². The Kier molecular flexibility index (Phi) is 4.96. The largest absolute Gasteiger partial charge is 0.325 e. The second kappa shape index (κ2) is 7.71. The number of aromatic nitrogens is 1. The van der Waals surface area contributed by atoms with Crippen molar-refractivity contribution in [1.29, 1.82) is 5.26 Å². The highest BCUT2D eigenvalue weighted by Gasteiger charge is 2.12. The molecular weight excluding hydrogens is 366 g/mol. The molecule has 0 radical (unpaired) electrons. The van der Waals surface area contributed by atoms with Crippen molar-refractivity contribution in [2.24, 2.45) is 0 Å². The van der Waals surface area contributed by atoms with Crippen molar-refractivity contribution in [2.75, 3.05) is 11.1 Å². The summed E-state index contributed by atoms with van der Waals surface area (Å²) in [7, 11) is 0. The van der Waals surface area contributed by atoms with Crippen molar-refractivity contribution >= 4 is 45.0 Å². The van der Waals surface area contributed by atoms with Crippen molar-refractivity contribution in [3.63, 3.8) is 0 Å². The molecule has 0 aliphatic heterocycles. The van der Waals surface area contributed by atoms with Crippen molar-refractivity contribution in [1.82, 2.24) is 4.98 Å². The zero-order valence-corrected chi connectivity index (χ0v) is 16.1. The summed E-state index contributed by atoms with van der Waals surface area (Å²) in [5.74, 6) is 0.0550. The summed E-state index contributed by atoms with van der Waals surface area (Å²) in [6.45, 7) is 1.99. The number of aryl methyl sites for hydroxylation is 1. The Morgan fingerprint density at radius 1 is 1.07 bits per heavy atom. The Morgan fingerprint density at radius 3 is 2.68 bits per heavy atom. The number of fused-ring (bicyclic) bond motifs is 2. The van der Waals surface area contributed by atoms with Crippen molar-refractivity contribution in [3.8, 4) is 6.07 Å². The molecule has 0 fully saturated rings. The predicted molar refractivity (Wildman–Crippen MR) is 114 cm³/mol. The number of anilines is 1. The average Bonchev–Trinajstić information content (AvgIpc) is 2.72. The van der Waals surface area contributed by atoms with Crippen LogP contribution in [-0.4, -0.2) is 16.6 Å². The van der Waals surface area contributed by atoms with Crippen molar-refractivity contribution in [2.45, 2.75) is 11.9 Å². The van der Waals surface area contributed by atoms with Crippen LogP contribution in [0.2, 0.25) is 0 Å². The van der Waals surface area contributed by atoms with E-state index in [1.165, 1.54) is 11.8 Å². The first-order valence-corrected chi connectivity index (χ1v) is 9.85. The van der Waals surface area contributed by atoms with Crippen LogP contribution in [0.3, 0.4) is 0 Å². The summed E-state index contributed by atoms with van der Waals surface area (Å²) in [6, 6.07) is 23.7. The number of amides is 1. The van der Waals surface area contributed by atoms with Gasteiger partial charge in [0.25, 0.3) is 0 Å². The number of thioether (sulfide) groups is 1. The number of hydrogen-bond acceptors (Lipinski definition) is 4. The predicted octanol–water partition coefficient (Wildman–Crippen LogP) is 5.30. The summed E-state index contributed by atoms with van der Waals surface area (Å²) in [5.41, 5.74) is 3.18. The van der Waals surface area contributed by atoms with Gasteiger partial charge < -0.3 is 5.32 Å². The molecule has 0 saturated heterocycles. The minimum atomic E-state index is -0.128. The first-order valence-electron chi connectivity index (χ1n) is 8.86. The number of carbonyl (C=O) groups excluding carboxylic acids is 1. The lowest BCUT2D eigenvalue weighted by Crippen LogP contribution is -2.14. The maximum Gasteiger partial charge on any atom is 0.234 e. The van der Waals surface area contributed by atoms with Gasteiger partial charge in [0.15, 0.2) is 0 Å². The fourth-order valence-corrected chi connectivity index (χ4v) is 3.93. The first-order chi connectivity index (χ1) is 13.7. The van der Waals surface area contributed by atoms with Crippen LogP contribution in [0, 0.1) is 18.3 Å². The van der Waals surface area contributed by atoms with Crippen LogP contribution in [0.5, 0.6) is 0 Å². The van der Waals surface area contributed by atoms with Crippen LogP contribution in [-0.2, 0) is 4.79 Å². The number of rotatable bonds is 4. The highest BCUT2D eigenvalue weighted by Crippen LogP contribution is 2.27. The van der Waals surface area contributed by atoms with Gasteiger partial charge in [-0.15, -0.1) is 0 Å². The normalized spacial score (nSPS) is 10.7. The van der Waals surface area contributed by atoms with Gasteiger partial charge in [-0.3, -0.25) is 4.79 Å². The fourth-order valence-electron chi connectivity index (χ4n) is 3.17. The molecule has 4 nitrogen and oxygen atoms in total. The smallest absolute Gasteiger partial charge is 0.234 e. The molecule has 4 aromatic rings. The first kappa shape index (κ1) is 18.0. The van der Waals surface area contributed by atoms with Crippen LogP contribution in [0.4, 0.5) is 5.69 Å². The second-order valence-corrected chi connectivity index (χ2v) is 7.43. The van der Waals surface area contributed by atoms with E-state index in [1.807, 2.05) is 73.7 Å². The Hall–Kier alpha value is -3.36. The van der Waals surface area contributed by atoms with Crippen LogP contribution in [0.15, 0.2) is 71.8 Å². The number of benzene rings is 3. The van der Waals surface area contributed by atoms with Gasteiger partial charge in [-0.2, -0.15) is 5.26 Å². The maximum atomic E-state index is 12.5. The number of hydrogen-bond donors (Lipinski definition) is 1. The Labute approximate surface area is 167 Å². The summed E-state index contributed by atoms with van der Waals surface area (Å²) >= 11 is 1.28. The number of pyridine rings is 1. The number of carbonyl (C=O) groups is 1. The average molecular weight is 383 g/mol. The molecule has 28 heavy (non-hydrogen) atoms. The van der Waals surface area contributed by atoms with E-state index >= 15 is 0 Å². The molecule has 0 aliphatic carbocycles. The van der Waals surface area contributed by atoms with Crippen molar-refractivity contribution < 1.29 is 4.79 Å². The van der Waals surface area contributed by atoms with E-state index in [9.17, 15) is 10.1 Å². The van der Waals surface area contributed by atoms with Gasteiger partial charge in [0, 0.05) is 16.5 Å². The van der Waals surface area contributed by atoms with E-state index < -0.39 is 0 Å². The van der Waals surface area contributed by atoms with Gasteiger partial charge in [0.05, 0.1) is 16.8 Å². The topological polar surface area (TPSA) is 65.8 Å². The van der Waals surface area contributed by atoms with E-state index in [-0.39, 0.29) is 11.7 Å². The third-order valence-electron chi connectivity index (χ3n) is 4.54. The minimum Gasteiger partial charge on any atom is -0.325 e. The third kappa shape index (κ3) is 3.55. The number of nitrogens with zero attached hydrogens (tertiary/aromatic N) is 2. The molecule has 3 aromatic carbocycles. The van der Waals surface area contributed by atoms with Crippen LogP contribution in [0.25, 0.3) is 21.7 Å². The molecular formula is C23H17N3OS. The van der Waals surface area contributed by atoms with E-state index in [1.54, 1.807) is 0 Å². The molecule has 1 amide bonds. The van der Waals surface area contributed by atoms with Crippen LogP contribution >= 0.6 is 11.8 Å². The Balaban J connectivity index is 1.55. The molecule has 136 valence electrons. The quantitative estimate of drug-likeness (QED) is 0.486.